The summed E-state index contributed by atoms with van der Waals surface area (Å²) in [6.07, 6.45) is 1.74. The van der Waals surface area contributed by atoms with Crippen molar-refractivity contribution in [2.75, 3.05) is 42.5 Å². The van der Waals surface area contributed by atoms with Crippen molar-refractivity contribution in [3.05, 3.63) is 54.5 Å². The zero-order chi connectivity index (χ0) is 18.5. The Morgan fingerprint density at radius 1 is 1.08 bits per heavy atom. The first kappa shape index (κ1) is 17.8. The molecule has 3 rings (SSSR count). The number of anilines is 2. The Bertz CT molecular complexity index is 776. The highest BCUT2D eigenvalue weighted by Gasteiger charge is 2.25. The Kier molecular flexibility index (Phi) is 5.46. The third-order valence-electron chi connectivity index (χ3n) is 4.42. The van der Waals surface area contributed by atoms with Crippen LogP contribution in [0.25, 0.3) is 0 Å². The fraction of sp³-hybridized carbons (Fsp3) is 0.316. The molecule has 1 aromatic heterocycles. The van der Waals surface area contributed by atoms with E-state index in [0.717, 1.165) is 5.82 Å². The Morgan fingerprint density at radius 2 is 1.77 bits per heavy atom. The summed E-state index contributed by atoms with van der Waals surface area (Å²) >= 11 is 0. The van der Waals surface area contributed by atoms with E-state index in [1.807, 2.05) is 18.2 Å². The maximum absolute atomic E-state index is 14.0. The summed E-state index contributed by atoms with van der Waals surface area (Å²) in [5.74, 6) is -0.188. The van der Waals surface area contributed by atoms with Crippen molar-refractivity contribution in [3.63, 3.8) is 0 Å². The molecular weight excluding hydrogens is 335 g/mol. The number of carbonyl (C=O) groups excluding carboxylic acids is 2. The van der Waals surface area contributed by atoms with Crippen molar-refractivity contribution >= 4 is 23.3 Å². The van der Waals surface area contributed by atoms with Crippen LogP contribution in [0.5, 0.6) is 0 Å². The van der Waals surface area contributed by atoms with Crippen LogP contribution in [-0.4, -0.2) is 54.4 Å². The second-order valence-corrected chi connectivity index (χ2v) is 6.11. The molecule has 1 aliphatic heterocycles. The van der Waals surface area contributed by atoms with Crippen molar-refractivity contribution in [3.8, 4) is 0 Å². The molecule has 0 spiro atoms. The van der Waals surface area contributed by atoms with Crippen LogP contribution in [0.3, 0.4) is 0 Å². The summed E-state index contributed by atoms with van der Waals surface area (Å²) in [5.41, 5.74) is 0.125. The number of halogens is 1. The van der Waals surface area contributed by atoms with Gasteiger partial charge in [-0.2, -0.15) is 0 Å². The van der Waals surface area contributed by atoms with Gasteiger partial charge in [-0.25, -0.2) is 9.37 Å². The number of nitrogens with zero attached hydrogens (tertiary/aromatic N) is 4. The normalized spacial score (nSPS) is 14.2. The van der Waals surface area contributed by atoms with Gasteiger partial charge < -0.3 is 14.7 Å². The lowest BCUT2D eigenvalue weighted by molar-refractivity contribution is -0.131. The van der Waals surface area contributed by atoms with E-state index in [4.69, 9.17) is 0 Å². The Morgan fingerprint density at radius 3 is 2.38 bits per heavy atom. The third kappa shape index (κ3) is 3.99. The predicted octanol–water partition coefficient (Wildman–Crippen LogP) is 1.92. The molecule has 0 bridgehead atoms. The van der Waals surface area contributed by atoms with E-state index in [9.17, 15) is 14.0 Å². The third-order valence-corrected chi connectivity index (χ3v) is 4.42. The second-order valence-electron chi connectivity index (χ2n) is 6.11. The van der Waals surface area contributed by atoms with Crippen LogP contribution in [0.2, 0.25) is 0 Å². The van der Waals surface area contributed by atoms with E-state index in [2.05, 4.69) is 9.88 Å². The van der Waals surface area contributed by atoms with Crippen molar-refractivity contribution in [1.82, 2.24) is 9.88 Å². The Balaban J connectivity index is 1.63. The number of rotatable bonds is 4. The molecule has 1 fully saturated rings. The minimum absolute atomic E-state index is 0.125. The zero-order valence-electron chi connectivity index (χ0n) is 14.6. The first-order valence-electron chi connectivity index (χ1n) is 8.52. The van der Waals surface area contributed by atoms with Gasteiger partial charge in [0.2, 0.25) is 11.8 Å². The van der Waals surface area contributed by atoms with Crippen molar-refractivity contribution in [2.24, 2.45) is 0 Å². The summed E-state index contributed by atoms with van der Waals surface area (Å²) in [6, 6.07) is 11.7. The van der Waals surface area contributed by atoms with Crippen LogP contribution in [0.1, 0.15) is 6.92 Å². The summed E-state index contributed by atoms with van der Waals surface area (Å²) in [4.78, 5) is 33.9. The monoisotopic (exact) mass is 356 g/mol. The fourth-order valence-electron chi connectivity index (χ4n) is 3.00. The number of benzene rings is 1. The van der Waals surface area contributed by atoms with Gasteiger partial charge in [-0.15, -0.1) is 0 Å². The van der Waals surface area contributed by atoms with Crippen LogP contribution < -0.4 is 9.80 Å². The summed E-state index contributed by atoms with van der Waals surface area (Å²) in [7, 11) is 0. The first-order chi connectivity index (χ1) is 12.6. The van der Waals surface area contributed by atoms with Crippen LogP contribution in [-0.2, 0) is 9.59 Å². The van der Waals surface area contributed by atoms with Crippen LogP contribution in [0.4, 0.5) is 15.9 Å². The number of pyridine rings is 1. The van der Waals surface area contributed by atoms with E-state index in [1.54, 1.807) is 23.2 Å². The van der Waals surface area contributed by atoms with Crippen LogP contribution in [0, 0.1) is 5.82 Å². The van der Waals surface area contributed by atoms with Gasteiger partial charge in [0.1, 0.15) is 18.2 Å². The number of amides is 2. The minimum atomic E-state index is -0.518. The van der Waals surface area contributed by atoms with Gasteiger partial charge in [0.15, 0.2) is 0 Å². The fourth-order valence-corrected chi connectivity index (χ4v) is 3.00. The molecule has 0 N–H and O–H groups in total. The van der Waals surface area contributed by atoms with Crippen molar-refractivity contribution in [2.45, 2.75) is 6.92 Å². The van der Waals surface area contributed by atoms with E-state index in [1.165, 1.54) is 24.0 Å². The molecule has 136 valence electrons. The Labute approximate surface area is 151 Å². The molecule has 1 aliphatic rings. The largest absolute Gasteiger partial charge is 0.353 e. The maximum atomic E-state index is 14.0. The van der Waals surface area contributed by atoms with Gasteiger partial charge in [-0.05, 0) is 24.3 Å². The van der Waals surface area contributed by atoms with E-state index >= 15 is 0 Å². The molecule has 1 saturated heterocycles. The summed E-state index contributed by atoms with van der Waals surface area (Å²) < 4.78 is 14.0. The topological polar surface area (TPSA) is 56.8 Å². The maximum Gasteiger partial charge on any atom is 0.242 e. The average molecular weight is 356 g/mol. The van der Waals surface area contributed by atoms with Gasteiger partial charge in [-0.3, -0.25) is 9.59 Å². The molecular formula is C19H21FN4O2. The van der Waals surface area contributed by atoms with Gasteiger partial charge >= 0.3 is 0 Å². The molecule has 26 heavy (non-hydrogen) atoms. The predicted molar refractivity (Wildman–Crippen MR) is 97.5 cm³/mol. The van der Waals surface area contributed by atoms with Crippen molar-refractivity contribution in [1.29, 1.82) is 0 Å². The molecule has 0 radical (unpaired) electrons. The molecule has 0 saturated carbocycles. The molecule has 0 unspecified atom stereocenters. The summed E-state index contributed by atoms with van der Waals surface area (Å²) in [5, 5.41) is 0. The smallest absolute Gasteiger partial charge is 0.242 e. The number of piperazine rings is 1. The summed E-state index contributed by atoms with van der Waals surface area (Å²) in [6.45, 7) is 3.58. The SMILES string of the molecule is CC(=O)N(CC(=O)N1CCN(c2ccccn2)CC1)c1ccccc1F. The number of para-hydroxylation sites is 1. The molecule has 6 nitrogen and oxygen atoms in total. The average Bonchev–Trinajstić information content (AvgIpc) is 2.67. The highest BCUT2D eigenvalue weighted by Crippen LogP contribution is 2.19. The van der Waals surface area contributed by atoms with E-state index < -0.39 is 5.82 Å². The highest BCUT2D eigenvalue weighted by atomic mass is 19.1. The molecule has 1 aromatic carbocycles. The number of hydrogen-bond donors (Lipinski definition) is 0. The number of hydrogen-bond acceptors (Lipinski definition) is 4. The quantitative estimate of drug-likeness (QED) is 0.840. The Hall–Kier alpha value is -2.96. The molecule has 0 aliphatic carbocycles. The highest BCUT2D eigenvalue weighted by molar-refractivity contribution is 5.97. The van der Waals surface area contributed by atoms with Gasteiger partial charge in [0, 0.05) is 39.3 Å². The first-order valence-corrected chi connectivity index (χ1v) is 8.52. The molecule has 0 atom stereocenters. The zero-order valence-corrected chi connectivity index (χ0v) is 14.6. The molecule has 2 amide bonds. The standard InChI is InChI=1S/C19H21FN4O2/c1-15(25)24(17-7-3-2-6-16(17)20)14-19(26)23-12-10-22(11-13-23)18-8-4-5-9-21-18/h2-9H,10-14H2,1H3. The van der Waals surface area contributed by atoms with Gasteiger partial charge in [0.05, 0.1) is 5.69 Å². The van der Waals surface area contributed by atoms with Gasteiger partial charge in [0.25, 0.3) is 0 Å². The lowest BCUT2D eigenvalue weighted by atomic mass is 10.2. The molecule has 2 aromatic rings. The van der Waals surface area contributed by atoms with E-state index in [-0.39, 0.29) is 24.0 Å². The second kappa shape index (κ2) is 7.95. The number of carbonyl (C=O) groups is 2. The molecule has 7 heteroatoms. The van der Waals surface area contributed by atoms with Crippen molar-refractivity contribution < 1.29 is 14.0 Å². The van der Waals surface area contributed by atoms with Crippen LogP contribution >= 0.6 is 0 Å². The molecule has 2 heterocycles. The minimum Gasteiger partial charge on any atom is -0.353 e. The lowest BCUT2D eigenvalue weighted by Crippen LogP contribution is -2.52. The van der Waals surface area contributed by atoms with Gasteiger partial charge in [-0.1, -0.05) is 18.2 Å². The lowest BCUT2D eigenvalue weighted by Gasteiger charge is -2.36. The number of aromatic nitrogens is 1. The van der Waals surface area contributed by atoms with Crippen LogP contribution in [0.15, 0.2) is 48.7 Å². The van der Waals surface area contributed by atoms with E-state index in [0.29, 0.717) is 26.2 Å².